The summed E-state index contributed by atoms with van der Waals surface area (Å²) in [7, 11) is 0. The van der Waals surface area contributed by atoms with E-state index in [1.165, 1.54) is 0 Å². The summed E-state index contributed by atoms with van der Waals surface area (Å²) in [5, 5.41) is 20.3. The van der Waals surface area contributed by atoms with Crippen LogP contribution in [0.3, 0.4) is 0 Å². The summed E-state index contributed by atoms with van der Waals surface area (Å²) in [6.45, 7) is 3.97. The lowest BCUT2D eigenvalue weighted by Crippen LogP contribution is -2.18. The highest BCUT2D eigenvalue weighted by Gasteiger charge is 2.17. The summed E-state index contributed by atoms with van der Waals surface area (Å²) < 4.78 is 0. The van der Waals surface area contributed by atoms with Crippen LogP contribution in [0.4, 0.5) is 0 Å². The van der Waals surface area contributed by atoms with Gasteiger partial charge >= 0.3 is 0 Å². The Hall–Kier alpha value is -0.380. The normalized spacial score (nSPS) is 15.0. The van der Waals surface area contributed by atoms with Crippen molar-refractivity contribution in [3.8, 4) is 0 Å². The maximum Gasteiger partial charge on any atom is 0.105 e. The van der Waals surface area contributed by atoms with Crippen molar-refractivity contribution in [3.05, 3.63) is 34.9 Å². The molecule has 2 nitrogen and oxygen atoms in total. The molecule has 2 atom stereocenters. The van der Waals surface area contributed by atoms with Crippen molar-refractivity contribution in [2.75, 3.05) is 5.33 Å². The van der Waals surface area contributed by atoms with E-state index >= 15 is 0 Å². The molecule has 0 aromatic heterocycles. The van der Waals surface area contributed by atoms with Gasteiger partial charge in [0.15, 0.2) is 0 Å². The van der Waals surface area contributed by atoms with Crippen LogP contribution < -0.4 is 0 Å². The van der Waals surface area contributed by atoms with E-state index in [9.17, 15) is 10.2 Å². The Morgan fingerprint density at radius 2 is 1.67 bits per heavy atom. The molecule has 3 heteroatoms. The molecule has 0 saturated heterocycles. The van der Waals surface area contributed by atoms with E-state index in [0.29, 0.717) is 11.8 Å². The van der Waals surface area contributed by atoms with Gasteiger partial charge in [0.25, 0.3) is 0 Å². The number of alkyl halides is 1. The van der Waals surface area contributed by atoms with Gasteiger partial charge in [0, 0.05) is 5.33 Å². The predicted octanol–water partition coefficient (Wildman–Crippen LogP) is 2.48. The van der Waals surface area contributed by atoms with Crippen LogP contribution in [0.5, 0.6) is 0 Å². The number of hydrogen-bond donors (Lipinski definition) is 2. The van der Waals surface area contributed by atoms with E-state index in [0.717, 1.165) is 16.7 Å². The molecule has 0 heterocycles. The van der Waals surface area contributed by atoms with Gasteiger partial charge < -0.3 is 10.2 Å². The summed E-state index contributed by atoms with van der Waals surface area (Å²) in [6, 6.07) is 5.87. The van der Waals surface area contributed by atoms with E-state index in [1.807, 2.05) is 32.0 Å². The van der Waals surface area contributed by atoms with Gasteiger partial charge in [-0.05, 0) is 25.8 Å². The van der Waals surface area contributed by atoms with Crippen LogP contribution in [0.25, 0.3) is 0 Å². The highest BCUT2D eigenvalue weighted by atomic mass is 79.9. The summed E-state index contributed by atoms with van der Waals surface area (Å²) >= 11 is 3.25. The zero-order chi connectivity index (χ0) is 11.4. The first-order chi connectivity index (χ1) is 7.04. The zero-order valence-corrected chi connectivity index (χ0v) is 10.7. The lowest BCUT2D eigenvalue weighted by atomic mass is 9.99. The van der Waals surface area contributed by atoms with Crippen LogP contribution in [0, 0.1) is 13.8 Å². The second kappa shape index (κ2) is 5.64. The molecule has 0 aliphatic rings. The lowest BCUT2D eigenvalue weighted by molar-refractivity contribution is 0.0173. The largest absolute Gasteiger partial charge is 0.390 e. The van der Waals surface area contributed by atoms with Gasteiger partial charge in [0.1, 0.15) is 6.10 Å². The molecule has 15 heavy (non-hydrogen) atoms. The third kappa shape index (κ3) is 3.59. The third-order valence-corrected chi connectivity index (χ3v) is 2.81. The Kier molecular flexibility index (Phi) is 4.77. The number of halogens is 1. The standard InChI is InChI=1S/C12H17BrO2/c1-8-5-9(2)7-10(6-8)12(15)11(14)3-4-13/h5-7,11-12,14-15H,3-4H2,1-2H3. The maximum absolute atomic E-state index is 9.90. The number of aliphatic hydroxyl groups is 2. The van der Waals surface area contributed by atoms with Gasteiger partial charge in [0.05, 0.1) is 6.10 Å². The molecule has 2 unspecified atom stereocenters. The van der Waals surface area contributed by atoms with Crippen LogP contribution in [0.2, 0.25) is 0 Å². The van der Waals surface area contributed by atoms with Crippen LogP contribution in [-0.4, -0.2) is 21.6 Å². The van der Waals surface area contributed by atoms with E-state index in [-0.39, 0.29) is 0 Å². The van der Waals surface area contributed by atoms with E-state index in [2.05, 4.69) is 15.9 Å². The molecule has 0 aliphatic carbocycles. The summed E-state index contributed by atoms with van der Waals surface area (Å²) in [6.07, 6.45) is -0.944. The first-order valence-corrected chi connectivity index (χ1v) is 6.17. The Morgan fingerprint density at radius 3 is 2.13 bits per heavy atom. The molecule has 1 aromatic carbocycles. The van der Waals surface area contributed by atoms with E-state index in [1.54, 1.807) is 0 Å². The topological polar surface area (TPSA) is 40.5 Å². The van der Waals surface area contributed by atoms with Crippen molar-refractivity contribution in [2.45, 2.75) is 32.5 Å². The molecule has 0 amide bonds. The fraction of sp³-hybridized carbons (Fsp3) is 0.500. The number of rotatable bonds is 4. The molecule has 1 aromatic rings. The zero-order valence-electron chi connectivity index (χ0n) is 9.07. The Bertz CT molecular complexity index is 305. The van der Waals surface area contributed by atoms with E-state index in [4.69, 9.17) is 0 Å². The molecule has 2 N–H and O–H groups in total. The second-order valence-electron chi connectivity index (χ2n) is 3.91. The molecule has 84 valence electrons. The Morgan fingerprint density at radius 1 is 1.13 bits per heavy atom. The highest BCUT2D eigenvalue weighted by molar-refractivity contribution is 9.09. The number of aryl methyl sites for hydroxylation is 2. The number of aliphatic hydroxyl groups excluding tert-OH is 2. The Labute approximate surface area is 99.1 Å². The first-order valence-electron chi connectivity index (χ1n) is 5.05. The van der Waals surface area contributed by atoms with Crippen molar-refractivity contribution in [1.82, 2.24) is 0 Å². The summed E-state index contributed by atoms with van der Waals surface area (Å²) in [5.74, 6) is 0. The Balaban J connectivity index is 2.85. The molecular weight excluding hydrogens is 256 g/mol. The molecular formula is C12H17BrO2. The third-order valence-electron chi connectivity index (χ3n) is 2.35. The number of benzene rings is 1. The predicted molar refractivity (Wildman–Crippen MR) is 65.3 cm³/mol. The van der Waals surface area contributed by atoms with Crippen LogP contribution in [-0.2, 0) is 0 Å². The minimum absolute atomic E-state index is 0.550. The minimum Gasteiger partial charge on any atom is -0.390 e. The van der Waals surface area contributed by atoms with E-state index < -0.39 is 12.2 Å². The molecule has 0 fully saturated rings. The van der Waals surface area contributed by atoms with Gasteiger partial charge in [-0.2, -0.15) is 0 Å². The van der Waals surface area contributed by atoms with Gasteiger partial charge in [0.2, 0.25) is 0 Å². The SMILES string of the molecule is Cc1cc(C)cc(C(O)C(O)CCBr)c1. The second-order valence-corrected chi connectivity index (χ2v) is 4.70. The molecule has 0 aliphatic heterocycles. The molecule has 0 saturated carbocycles. The first kappa shape index (κ1) is 12.7. The quantitative estimate of drug-likeness (QED) is 0.827. The fourth-order valence-corrected chi connectivity index (χ4v) is 2.14. The smallest absolute Gasteiger partial charge is 0.105 e. The molecule has 0 bridgehead atoms. The van der Waals surface area contributed by atoms with Crippen LogP contribution in [0.1, 0.15) is 29.2 Å². The van der Waals surface area contributed by atoms with Crippen molar-refractivity contribution in [3.63, 3.8) is 0 Å². The van der Waals surface area contributed by atoms with Crippen molar-refractivity contribution in [2.24, 2.45) is 0 Å². The minimum atomic E-state index is -0.791. The highest BCUT2D eigenvalue weighted by Crippen LogP contribution is 2.21. The maximum atomic E-state index is 9.90. The van der Waals surface area contributed by atoms with Gasteiger partial charge in [-0.25, -0.2) is 0 Å². The monoisotopic (exact) mass is 272 g/mol. The average molecular weight is 273 g/mol. The molecule has 0 radical (unpaired) electrons. The van der Waals surface area contributed by atoms with Gasteiger partial charge in [-0.15, -0.1) is 0 Å². The van der Waals surface area contributed by atoms with Gasteiger partial charge in [-0.1, -0.05) is 45.3 Å². The van der Waals surface area contributed by atoms with Gasteiger partial charge in [-0.3, -0.25) is 0 Å². The van der Waals surface area contributed by atoms with Crippen molar-refractivity contribution < 1.29 is 10.2 Å². The number of hydrogen-bond acceptors (Lipinski definition) is 2. The summed E-state index contributed by atoms with van der Waals surface area (Å²) in [4.78, 5) is 0. The molecule has 1 rings (SSSR count). The van der Waals surface area contributed by atoms with Crippen LogP contribution >= 0.6 is 15.9 Å². The van der Waals surface area contributed by atoms with Crippen LogP contribution in [0.15, 0.2) is 18.2 Å². The summed E-state index contributed by atoms with van der Waals surface area (Å²) in [5.41, 5.74) is 3.01. The average Bonchev–Trinajstić information content (AvgIpc) is 2.15. The lowest BCUT2D eigenvalue weighted by Gasteiger charge is -2.18. The molecule has 0 spiro atoms. The fourth-order valence-electron chi connectivity index (χ4n) is 1.67. The van der Waals surface area contributed by atoms with Crippen molar-refractivity contribution in [1.29, 1.82) is 0 Å². The van der Waals surface area contributed by atoms with Crippen molar-refractivity contribution >= 4 is 15.9 Å².